The van der Waals surface area contributed by atoms with E-state index in [0.717, 1.165) is 6.04 Å². The summed E-state index contributed by atoms with van der Waals surface area (Å²) in [6.45, 7) is 4.78. The molecule has 0 aromatic heterocycles. The molecule has 2 N–H and O–H groups in total. The fourth-order valence-electron chi connectivity index (χ4n) is 5.48. The Hall–Kier alpha value is -0.810. The van der Waals surface area contributed by atoms with Gasteiger partial charge in [-0.25, -0.2) is 9.48 Å². The van der Waals surface area contributed by atoms with Gasteiger partial charge in [0.15, 0.2) is 0 Å². The van der Waals surface area contributed by atoms with E-state index in [1.54, 1.807) is 0 Å². The Morgan fingerprint density at radius 2 is 1.65 bits per heavy atom. The zero-order valence-electron chi connectivity index (χ0n) is 14.6. The number of aliphatic hydroxyl groups is 1. The fraction of sp³-hybridized carbons (Fsp3) is 0.944. The minimum absolute atomic E-state index is 0.545. The number of nitrogens with one attached hydrogen (secondary N) is 1. The average Bonchev–Trinajstić information content (AvgIpc) is 2.87. The van der Waals surface area contributed by atoms with Gasteiger partial charge in [0.1, 0.15) is 18.1 Å². The van der Waals surface area contributed by atoms with Crippen LogP contribution in [0.25, 0.3) is 0 Å². The van der Waals surface area contributed by atoms with Gasteiger partial charge in [-0.2, -0.15) is 0 Å². The maximum absolute atomic E-state index is 10.7. The van der Waals surface area contributed by atoms with Crippen LogP contribution in [0.2, 0.25) is 0 Å². The summed E-state index contributed by atoms with van der Waals surface area (Å²) in [5.41, 5.74) is 0. The molecule has 2 atom stereocenters. The van der Waals surface area contributed by atoms with Crippen LogP contribution in [-0.2, 0) is 0 Å². The fourth-order valence-corrected chi connectivity index (χ4v) is 5.48. The maximum Gasteiger partial charge on any atom is 0.444 e. The standard InChI is InChI=1S/C18H32N4O/c1-20-16-4-2-3-5-17(16)22(18(20)23)15-8-12-21(13-9-15)14-6-10-19-11-7-14/h14-17,19H,2-13H2,1H3/p+1/t16-,17-/m0/s1. The van der Waals surface area contributed by atoms with Crippen LogP contribution in [-0.4, -0.2) is 82.9 Å². The molecule has 0 spiro atoms. The van der Waals surface area contributed by atoms with Crippen molar-refractivity contribution in [3.63, 3.8) is 0 Å². The summed E-state index contributed by atoms with van der Waals surface area (Å²) >= 11 is 0. The van der Waals surface area contributed by atoms with Crippen LogP contribution in [0.5, 0.6) is 0 Å². The highest BCUT2D eigenvalue weighted by molar-refractivity contribution is 5.68. The number of likely N-dealkylation sites (N-methyl/N-ethyl adjacent to an activating group) is 1. The lowest BCUT2D eigenvalue weighted by atomic mass is 9.88. The van der Waals surface area contributed by atoms with Gasteiger partial charge in [-0.15, -0.1) is 0 Å². The monoisotopic (exact) mass is 321 g/mol. The minimum Gasteiger partial charge on any atom is -0.447 e. The summed E-state index contributed by atoms with van der Waals surface area (Å²) in [4.78, 5) is 5.12. The van der Waals surface area contributed by atoms with Crippen molar-refractivity contribution in [2.75, 3.05) is 33.2 Å². The quantitative estimate of drug-likeness (QED) is 0.754. The third-order valence-electron chi connectivity index (χ3n) is 6.81. The molecule has 0 unspecified atom stereocenters. The van der Waals surface area contributed by atoms with Gasteiger partial charge in [0.2, 0.25) is 0 Å². The van der Waals surface area contributed by atoms with E-state index in [9.17, 15) is 5.11 Å². The highest BCUT2D eigenvalue weighted by Gasteiger charge is 2.51. The van der Waals surface area contributed by atoms with Gasteiger partial charge in [0, 0.05) is 32.0 Å². The molecule has 130 valence electrons. The predicted octanol–water partition coefficient (Wildman–Crippen LogP) is 1.39. The zero-order chi connectivity index (χ0) is 15.8. The molecular formula is C18H33N4O+. The van der Waals surface area contributed by atoms with Crippen molar-refractivity contribution in [3.8, 4) is 0 Å². The molecule has 4 rings (SSSR count). The van der Waals surface area contributed by atoms with Crippen molar-refractivity contribution in [3.05, 3.63) is 0 Å². The summed E-state index contributed by atoms with van der Waals surface area (Å²) in [6.07, 6.45) is 10.2. The Morgan fingerprint density at radius 1 is 0.957 bits per heavy atom. The van der Waals surface area contributed by atoms with Crippen LogP contribution in [0.1, 0.15) is 51.4 Å². The van der Waals surface area contributed by atoms with Crippen LogP contribution in [0, 0.1) is 0 Å². The third-order valence-corrected chi connectivity index (χ3v) is 6.81. The topological polar surface area (TPSA) is 41.8 Å². The van der Waals surface area contributed by atoms with Crippen molar-refractivity contribution < 1.29 is 9.68 Å². The molecule has 0 aromatic rings. The molecule has 2 saturated heterocycles. The molecule has 0 aromatic carbocycles. The van der Waals surface area contributed by atoms with Crippen molar-refractivity contribution in [1.29, 1.82) is 0 Å². The van der Waals surface area contributed by atoms with Crippen molar-refractivity contribution >= 4 is 6.02 Å². The van der Waals surface area contributed by atoms with Gasteiger partial charge >= 0.3 is 6.02 Å². The largest absolute Gasteiger partial charge is 0.447 e. The van der Waals surface area contributed by atoms with Gasteiger partial charge in [-0.05, 0) is 51.6 Å². The van der Waals surface area contributed by atoms with Gasteiger partial charge < -0.3 is 10.4 Å². The molecule has 0 bridgehead atoms. The Bertz CT molecular complexity index is 452. The van der Waals surface area contributed by atoms with E-state index < -0.39 is 0 Å². The van der Waals surface area contributed by atoms with Crippen LogP contribution in [0.15, 0.2) is 0 Å². The Kier molecular flexibility index (Phi) is 4.50. The number of aliphatic hydroxyl groups excluding tert-OH is 1. The molecule has 1 aliphatic carbocycles. The minimum atomic E-state index is 0.545. The molecule has 23 heavy (non-hydrogen) atoms. The number of likely N-dealkylation sites (tertiary alicyclic amines) is 1. The van der Waals surface area contributed by atoms with Crippen LogP contribution >= 0.6 is 0 Å². The first-order chi connectivity index (χ1) is 11.3. The van der Waals surface area contributed by atoms with Crippen LogP contribution in [0.3, 0.4) is 0 Å². The van der Waals surface area contributed by atoms with E-state index in [4.69, 9.17) is 0 Å². The molecule has 3 fully saturated rings. The second-order valence-corrected chi connectivity index (χ2v) is 7.99. The number of amidine groups is 1. The number of fused-ring (bicyclic) bond motifs is 1. The van der Waals surface area contributed by atoms with E-state index in [1.165, 1.54) is 77.5 Å². The lowest BCUT2D eigenvalue weighted by molar-refractivity contribution is -0.540. The number of hydrogen-bond acceptors (Lipinski definition) is 3. The van der Waals surface area contributed by atoms with E-state index >= 15 is 0 Å². The van der Waals surface area contributed by atoms with Crippen LogP contribution < -0.4 is 5.32 Å². The van der Waals surface area contributed by atoms with Crippen molar-refractivity contribution in [1.82, 2.24) is 15.1 Å². The van der Waals surface area contributed by atoms with Gasteiger partial charge in [0.05, 0.1) is 7.05 Å². The first kappa shape index (κ1) is 15.7. The molecule has 0 amide bonds. The SMILES string of the molecule is C[N+]1=C(O)N(C2CCN(C3CCNCC3)CC2)[C@H]2CCCC[C@@H]21. The molecule has 3 aliphatic heterocycles. The lowest BCUT2D eigenvalue weighted by Crippen LogP contribution is -2.54. The molecule has 3 heterocycles. The first-order valence-corrected chi connectivity index (χ1v) is 9.77. The number of rotatable bonds is 2. The lowest BCUT2D eigenvalue weighted by Gasteiger charge is -2.41. The second kappa shape index (κ2) is 6.60. The summed E-state index contributed by atoms with van der Waals surface area (Å²) < 4.78 is 2.16. The van der Waals surface area contributed by atoms with E-state index in [1.807, 2.05) is 0 Å². The Balaban J connectivity index is 1.39. The van der Waals surface area contributed by atoms with E-state index in [0.29, 0.717) is 24.1 Å². The predicted molar refractivity (Wildman–Crippen MR) is 92.2 cm³/mol. The Labute approximate surface area is 140 Å². The maximum atomic E-state index is 10.7. The molecular weight excluding hydrogens is 288 g/mol. The van der Waals surface area contributed by atoms with Crippen molar-refractivity contribution in [2.45, 2.75) is 75.5 Å². The normalized spacial score (nSPS) is 34.9. The summed E-state index contributed by atoms with van der Waals surface area (Å²) in [5, 5.41) is 14.2. The highest BCUT2D eigenvalue weighted by atomic mass is 16.3. The number of nitrogens with zero attached hydrogens (tertiary/aromatic N) is 3. The summed E-state index contributed by atoms with van der Waals surface area (Å²) in [7, 11) is 2.09. The zero-order valence-corrected chi connectivity index (χ0v) is 14.6. The highest BCUT2D eigenvalue weighted by Crippen LogP contribution is 2.33. The van der Waals surface area contributed by atoms with Gasteiger partial charge in [-0.3, -0.25) is 4.90 Å². The third kappa shape index (κ3) is 2.86. The first-order valence-electron chi connectivity index (χ1n) is 9.77. The summed E-state index contributed by atoms with van der Waals surface area (Å²) in [5.74, 6) is 0. The Morgan fingerprint density at radius 3 is 2.39 bits per heavy atom. The van der Waals surface area contributed by atoms with Gasteiger partial charge in [0.25, 0.3) is 0 Å². The van der Waals surface area contributed by atoms with Crippen LogP contribution in [0.4, 0.5) is 0 Å². The molecule has 5 heteroatoms. The van der Waals surface area contributed by atoms with Crippen molar-refractivity contribution in [2.24, 2.45) is 0 Å². The average molecular weight is 321 g/mol. The second-order valence-electron chi connectivity index (χ2n) is 7.99. The smallest absolute Gasteiger partial charge is 0.444 e. The van der Waals surface area contributed by atoms with Gasteiger partial charge in [-0.1, -0.05) is 0 Å². The summed E-state index contributed by atoms with van der Waals surface area (Å²) in [6, 6.07) is 3.00. The number of hydrogen-bond donors (Lipinski definition) is 2. The molecule has 0 radical (unpaired) electrons. The van der Waals surface area contributed by atoms with E-state index in [-0.39, 0.29) is 0 Å². The van der Waals surface area contributed by atoms with E-state index in [2.05, 4.69) is 26.7 Å². The molecule has 5 nitrogen and oxygen atoms in total. The molecule has 4 aliphatic rings. The number of piperidine rings is 2. The molecule has 1 saturated carbocycles.